The fourth-order valence-electron chi connectivity index (χ4n) is 4.02. The fourth-order valence-corrected chi connectivity index (χ4v) is 4.02. The maximum atomic E-state index is 11.5. The lowest BCUT2D eigenvalue weighted by atomic mass is 9.57. The molecule has 7 nitrogen and oxygen atoms in total. The van der Waals surface area contributed by atoms with E-state index >= 15 is 0 Å². The second-order valence-corrected chi connectivity index (χ2v) is 6.66. The quantitative estimate of drug-likeness (QED) is 0.695. The van der Waals surface area contributed by atoms with Gasteiger partial charge in [0.05, 0.1) is 12.3 Å². The Bertz CT molecular complexity index is 754. The SMILES string of the molecule is CC1(C)C(Nc2nc3ccccn3c2[N+](=O)[O-])C2CCOC21. The number of hydrogen-bond donors (Lipinski definition) is 1. The Labute approximate surface area is 127 Å². The third-order valence-electron chi connectivity index (χ3n) is 5.07. The molecule has 4 rings (SSSR count). The number of imidazole rings is 1. The summed E-state index contributed by atoms with van der Waals surface area (Å²) in [6, 6.07) is 5.50. The summed E-state index contributed by atoms with van der Waals surface area (Å²) in [5.74, 6) is 0.743. The highest BCUT2D eigenvalue weighted by Crippen LogP contribution is 2.53. The predicted octanol–water partition coefficient (Wildman–Crippen LogP) is 2.47. The van der Waals surface area contributed by atoms with Crippen LogP contribution >= 0.6 is 0 Å². The molecular weight excluding hydrogens is 284 g/mol. The molecule has 3 heterocycles. The summed E-state index contributed by atoms with van der Waals surface area (Å²) in [5, 5.41) is 14.8. The normalized spacial score (nSPS) is 29.1. The molecule has 0 aromatic carbocycles. The molecule has 1 aliphatic heterocycles. The Morgan fingerprint density at radius 3 is 3.09 bits per heavy atom. The molecule has 3 atom stereocenters. The first-order valence-electron chi connectivity index (χ1n) is 7.50. The van der Waals surface area contributed by atoms with E-state index in [0.717, 1.165) is 13.0 Å². The van der Waals surface area contributed by atoms with Gasteiger partial charge >= 0.3 is 5.82 Å². The largest absolute Gasteiger partial charge is 0.377 e. The highest BCUT2D eigenvalue weighted by Gasteiger charge is 2.59. The minimum Gasteiger partial charge on any atom is -0.377 e. The van der Waals surface area contributed by atoms with Gasteiger partial charge in [0.1, 0.15) is 0 Å². The monoisotopic (exact) mass is 302 g/mol. The molecule has 1 N–H and O–H groups in total. The molecule has 2 fully saturated rings. The average molecular weight is 302 g/mol. The topological polar surface area (TPSA) is 81.7 Å². The number of anilines is 1. The van der Waals surface area contributed by atoms with E-state index in [1.807, 2.05) is 6.07 Å². The molecule has 1 saturated heterocycles. The van der Waals surface area contributed by atoms with Crippen molar-refractivity contribution in [2.45, 2.75) is 32.4 Å². The third kappa shape index (κ3) is 1.68. The lowest BCUT2D eigenvalue weighted by Gasteiger charge is -2.54. The van der Waals surface area contributed by atoms with Crippen molar-refractivity contribution in [3.05, 3.63) is 34.5 Å². The zero-order valence-electron chi connectivity index (χ0n) is 12.5. The van der Waals surface area contributed by atoms with Gasteiger partial charge in [0.25, 0.3) is 0 Å². The lowest BCUT2D eigenvalue weighted by Crippen LogP contribution is -2.63. The molecule has 116 valence electrons. The number of aromatic nitrogens is 2. The molecular formula is C15H18N4O3. The Balaban J connectivity index is 1.73. The Morgan fingerprint density at radius 2 is 2.32 bits per heavy atom. The van der Waals surface area contributed by atoms with E-state index in [-0.39, 0.29) is 28.3 Å². The van der Waals surface area contributed by atoms with Crippen molar-refractivity contribution in [3.63, 3.8) is 0 Å². The van der Waals surface area contributed by atoms with E-state index in [1.54, 1.807) is 18.3 Å². The van der Waals surface area contributed by atoms with Gasteiger partial charge in [-0.05, 0) is 17.4 Å². The second-order valence-electron chi connectivity index (χ2n) is 6.66. The molecule has 3 unspecified atom stereocenters. The van der Waals surface area contributed by atoms with E-state index in [2.05, 4.69) is 24.1 Å². The Morgan fingerprint density at radius 1 is 1.50 bits per heavy atom. The number of pyridine rings is 1. The van der Waals surface area contributed by atoms with Crippen molar-refractivity contribution in [2.24, 2.45) is 11.3 Å². The van der Waals surface area contributed by atoms with Gasteiger partial charge < -0.3 is 20.2 Å². The number of ether oxygens (including phenoxy) is 1. The molecule has 2 aromatic rings. The molecule has 7 heteroatoms. The molecule has 22 heavy (non-hydrogen) atoms. The van der Waals surface area contributed by atoms with Crippen molar-refractivity contribution in [3.8, 4) is 0 Å². The van der Waals surface area contributed by atoms with Crippen LogP contribution in [-0.2, 0) is 4.74 Å². The van der Waals surface area contributed by atoms with Gasteiger partial charge in [0, 0.05) is 30.0 Å². The first kappa shape index (κ1) is 13.5. The lowest BCUT2D eigenvalue weighted by molar-refractivity contribution is -0.389. The van der Waals surface area contributed by atoms with Crippen LogP contribution < -0.4 is 5.32 Å². The van der Waals surface area contributed by atoms with E-state index < -0.39 is 0 Å². The van der Waals surface area contributed by atoms with Crippen LogP contribution in [0.5, 0.6) is 0 Å². The van der Waals surface area contributed by atoms with Crippen molar-refractivity contribution in [1.82, 2.24) is 9.38 Å². The predicted molar refractivity (Wildman–Crippen MR) is 80.9 cm³/mol. The molecule has 2 aliphatic rings. The number of nitro groups is 1. The highest BCUT2D eigenvalue weighted by molar-refractivity contribution is 5.63. The highest BCUT2D eigenvalue weighted by atomic mass is 16.6. The van der Waals surface area contributed by atoms with Gasteiger partial charge in [0.2, 0.25) is 11.5 Å². The summed E-state index contributed by atoms with van der Waals surface area (Å²) in [5.41, 5.74) is 0.526. The minimum absolute atomic E-state index is 0.00577. The zero-order valence-corrected chi connectivity index (χ0v) is 12.5. The number of fused-ring (bicyclic) bond motifs is 2. The van der Waals surface area contributed by atoms with Crippen LogP contribution in [0.25, 0.3) is 5.65 Å². The Kier molecular flexibility index (Phi) is 2.72. The first-order valence-corrected chi connectivity index (χ1v) is 7.50. The molecule has 0 radical (unpaired) electrons. The fraction of sp³-hybridized carbons (Fsp3) is 0.533. The van der Waals surface area contributed by atoms with Crippen molar-refractivity contribution < 1.29 is 9.66 Å². The smallest absolute Gasteiger partial charge is 0.372 e. The van der Waals surface area contributed by atoms with Gasteiger partial charge in [-0.3, -0.25) is 0 Å². The maximum absolute atomic E-state index is 11.5. The summed E-state index contributed by atoms with van der Waals surface area (Å²) in [6.07, 6.45) is 2.90. The number of nitrogens with one attached hydrogen (secondary N) is 1. The van der Waals surface area contributed by atoms with Crippen LogP contribution in [0, 0.1) is 21.4 Å². The molecule has 1 saturated carbocycles. The standard InChI is InChI=1S/C15H18N4O3/c1-15(2)11(9-6-8-22-12(9)15)17-13-14(19(20)21)18-7-4-3-5-10(18)16-13/h3-5,7,9,11-12,17H,6,8H2,1-2H3. The van der Waals surface area contributed by atoms with Gasteiger partial charge in [-0.2, -0.15) is 9.38 Å². The van der Waals surface area contributed by atoms with E-state index in [4.69, 9.17) is 4.74 Å². The number of nitrogens with zero attached hydrogens (tertiary/aromatic N) is 3. The van der Waals surface area contributed by atoms with Crippen LogP contribution in [0.1, 0.15) is 20.3 Å². The van der Waals surface area contributed by atoms with Gasteiger partial charge in [-0.15, -0.1) is 0 Å². The van der Waals surface area contributed by atoms with Crippen molar-refractivity contribution in [2.75, 3.05) is 11.9 Å². The Hall–Kier alpha value is -2.15. The first-order chi connectivity index (χ1) is 10.5. The maximum Gasteiger partial charge on any atom is 0.372 e. The van der Waals surface area contributed by atoms with Gasteiger partial charge in [0.15, 0.2) is 0 Å². The number of rotatable bonds is 3. The molecule has 1 aliphatic carbocycles. The summed E-state index contributed by atoms with van der Waals surface area (Å²) in [6.45, 7) is 5.04. The summed E-state index contributed by atoms with van der Waals surface area (Å²) >= 11 is 0. The van der Waals surface area contributed by atoms with Crippen LogP contribution in [0.4, 0.5) is 11.6 Å². The van der Waals surface area contributed by atoms with E-state index in [9.17, 15) is 10.1 Å². The number of hydrogen-bond acceptors (Lipinski definition) is 5. The van der Waals surface area contributed by atoms with E-state index in [0.29, 0.717) is 17.4 Å². The zero-order chi connectivity index (χ0) is 15.5. The van der Waals surface area contributed by atoms with Gasteiger partial charge in [-0.25, -0.2) is 0 Å². The molecule has 0 bridgehead atoms. The molecule has 2 aromatic heterocycles. The second kappa shape index (κ2) is 4.42. The van der Waals surface area contributed by atoms with Crippen molar-refractivity contribution >= 4 is 17.3 Å². The average Bonchev–Trinajstić information content (AvgIpc) is 3.07. The summed E-state index contributed by atoms with van der Waals surface area (Å²) < 4.78 is 7.28. The van der Waals surface area contributed by atoms with Gasteiger partial charge in [-0.1, -0.05) is 19.9 Å². The van der Waals surface area contributed by atoms with E-state index in [1.165, 1.54) is 4.40 Å². The summed E-state index contributed by atoms with van der Waals surface area (Å²) in [7, 11) is 0. The minimum atomic E-state index is -0.378. The molecule has 0 amide bonds. The third-order valence-corrected chi connectivity index (χ3v) is 5.07. The van der Waals surface area contributed by atoms with Crippen LogP contribution in [0.3, 0.4) is 0 Å². The van der Waals surface area contributed by atoms with Crippen LogP contribution in [0.2, 0.25) is 0 Å². The summed E-state index contributed by atoms with van der Waals surface area (Å²) in [4.78, 5) is 15.5. The molecule has 0 spiro atoms. The van der Waals surface area contributed by atoms with Crippen LogP contribution in [0.15, 0.2) is 24.4 Å². The van der Waals surface area contributed by atoms with Crippen LogP contribution in [-0.4, -0.2) is 33.1 Å². The van der Waals surface area contributed by atoms with Crippen molar-refractivity contribution in [1.29, 1.82) is 0 Å².